The summed E-state index contributed by atoms with van der Waals surface area (Å²) in [6.45, 7) is 5.41. The van der Waals surface area contributed by atoms with Gasteiger partial charge in [-0.15, -0.1) is 0 Å². The van der Waals surface area contributed by atoms with Crippen LogP contribution < -0.4 is 0 Å². The van der Waals surface area contributed by atoms with E-state index in [4.69, 9.17) is 5.11 Å². The highest BCUT2D eigenvalue weighted by molar-refractivity contribution is 8.01. The van der Waals surface area contributed by atoms with Gasteiger partial charge < -0.3 is 5.11 Å². The summed E-state index contributed by atoms with van der Waals surface area (Å²) >= 11 is 2.65. The summed E-state index contributed by atoms with van der Waals surface area (Å²) in [5, 5.41) is 8.57. The molecule has 0 aliphatic carbocycles. The van der Waals surface area contributed by atoms with E-state index in [-0.39, 0.29) is 5.57 Å². The summed E-state index contributed by atoms with van der Waals surface area (Å²) in [5.74, 6) is 0.199. The molecule has 0 fully saturated rings. The van der Waals surface area contributed by atoms with Crippen molar-refractivity contribution in [1.29, 1.82) is 0 Å². The normalized spacial score (nSPS) is 10.1. The smallest absolute Gasteiger partial charge is 0.331 e. The van der Waals surface area contributed by atoms with Crippen molar-refractivity contribution in [1.82, 2.24) is 9.36 Å². The number of hydrogen-bond acceptors (Lipinski definition) is 5. The van der Waals surface area contributed by atoms with Gasteiger partial charge in [-0.25, -0.2) is 9.78 Å². The van der Waals surface area contributed by atoms with Crippen LogP contribution in [0.1, 0.15) is 12.7 Å². The van der Waals surface area contributed by atoms with E-state index < -0.39 is 5.97 Å². The highest BCUT2D eigenvalue weighted by atomic mass is 32.2. The monoisotopic (exact) mass is 230 g/mol. The van der Waals surface area contributed by atoms with Crippen LogP contribution in [0.4, 0.5) is 0 Å². The molecule has 6 heteroatoms. The van der Waals surface area contributed by atoms with Gasteiger partial charge in [0, 0.05) is 17.7 Å². The summed E-state index contributed by atoms with van der Waals surface area (Å²) in [6.07, 6.45) is 0.803. The zero-order valence-electron chi connectivity index (χ0n) is 7.69. The number of aromatic nitrogens is 2. The van der Waals surface area contributed by atoms with Crippen molar-refractivity contribution in [3.8, 4) is 0 Å². The summed E-state index contributed by atoms with van der Waals surface area (Å²) in [4.78, 5) is 14.6. The van der Waals surface area contributed by atoms with Crippen LogP contribution in [0.15, 0.2) is 16.5 Å². The van der Waals surface area contributed by atoms with Gasteiger partial charge >= 0.3 is 5.97 Å². The summed E-state index contributed by atoms with van der Waals surface area (Å²) in [6, 6.07) is 0. The van der Waals surface area contributed by atoms with Crippen molar-refractivity contribution in [2.24, 2.45) is 0 Å². The molecule has 0 aromatic carbocycles. The molecule has 1 heterocycles. The van der Waals surface area contributed by atoms with E-state index in [1.807, 2.05) is 6.92 Å². The lowest BCUT2D eigenvalue weighted by Crippen LogP contribution is -2.00. The fourth-order valence-corrected chi connectivity index (χ4v) is 2.24. The molecule has 0 radical (unpaired) electrons. The quantitative estimate of drug-likeness (QED) is 0.617. The van der Waals surface area contributed by atoms with Crippen LogP contribution in [0, 0.1) is 0 Å². The highest BCUT2D eigenvalue weighted by Gasteiger charge is 2.07. The first-order valence-corrected chi connectivity index (χ1v) is 5.75. The third-order valence-corrected chi connectivity index (χ3v) is 3.40. The first-order valence-electron chi connectivity index (χ1n) is 4.00. The topological polar surface area (TPSA) is 63.1 Å². The molecule has 0 unspecified atom stereocenters. The molecule has 1 aromatic rings. The molecule has 0 aliphatic rings. The second kappa shape index (κ2) is 5.11. The van der Waals surface area contributed by atoms with Crippen molar-refractivity contribution in [2.75, 3.05) is 5.75 Å². The Morgan fingerprint density at radius 3 is 2.93 bits per heavy atom. The minimum Gasteiger partial charge on any atom is -0.478 e. The number of carbonyl (C=O) groups is 1. The third kappa shape index (κ3) is 3.12. The predicted molar refractivity (Wildman–Crippen MR) is 56.8 cm³/mol. The van der Waals surface area contributed by atoms with Gasteiger partial charge in [0.15, 0.2) is 4.34 Å². The lowest BCUT2D eigenvalue weighted by molar-refractivity contribution is -0.132. The van der Waals surface area contributed by atoms with E-state index in [1.54, 1.807) is 0 Å². The molecule has 14 heavy (non-hydrogen) atoms. The van der Waals surface area contributed by atoms with Crippen LogP contribution in [0.3, 0.4) is 0 Å². The van der Waals surface area contributed by atoms with Crippen LogP contribution >= 0.6 is 23.3 Å². The Hall–Kier alpha value is -0.880. The first-order chi connectivity index (χ1) is 6.63. The molecule has 0 saturated carbocycles. The summed E-state index contributed by atoms with van der Waals surface area (Å²) in [5.41, 5.74) is 0.184. The maximum atomic E-state index is 10.4. The van der Waals surface area contributed by atoms with Crippen LogP contribution in [-0.4, -0.2) is 26.2 Å². The molecule has 1 rings (SSSR count). The second-order valence-electron chi connectivity index (χ2n) is 2.53. The average molecular weight is 230 g/mol. The van der Waals surface area contributed by atoms with E-state index in [9.17, 15) is 4.79 Å². The number of aliphatic carboxylic acids is 1. The SMILES string of the molecule is C=C(CSc1nc(CC)ns1)C(=O)O. The van der Waals surface area contributed by atoms with Gasteiger partial charge in [0.05, 0.1) is 0 Å². The fourth-order valence-electron chi connectivity index (χ4n) is 0.651. The highest BCUT2D eigenvalue weighted by Crippen LogP contribution is 2.22. The van der Waals surface area contributed by atoms with Crippen LogP contribution in [0.2, 0.25) is 0 Å². The lowest BCUT2D eigenvalue weighted by atomic mass is 10.4. The number of thioether (sulfide) groups is 1. The minimum absolute atomic E-state index is 0.184. The minimum atomic E-state index is -0.960. The van der Waals surface area contributed by atoms with Gasteiger partial charge in [-0.2, -0.15) is 4.37 Å². The number of rotatable bonds is 5. The molecule has 0 spiro atoms. The molecule has 0 amide bonds. The first kappa shape index (κ1) is 11.2. The number of hydrogen-bond donors (Lipinski definition) is 1. The molecular formula is C8H10N2O2S2. The number of carboxylic acid groups (broad SMARTS) is 1. The molecule has 0 bridgehead atoms. The maximum Gasteiger partial charge on any atom is 0.331 e. The van der Waals surface area contributed by atoms with Crippen molar-refractivity contribution >= 4 is 29.3 Å². The van der Waals surface area contributed by atoms with Crippen molar-refractivity contribution in [3.05, 3.63) is 18.0 Å². The Labute approximate surface area is 90.2 Å². The average Bonchev–Trinajstić information content (AvgIpc) is 2.61. The van der Waals surface area contributed by atoms with E-state index >= 15 is 0 Å². The van der Waals surface area contributed by atoms with Crippen molar-refractivity contribution < 1.29 is 9.90 Å². The van der Waals surface area contributed by atoms with E-state index in [0.717, 1.165) is 16.6 Å². The Morgan fingerprint density at radius 2 is 2.43 bits per heavy atom. The number of nitrogens with zero attached hydrogens (tertiary/aromatic N) is 2. The van der Waals surface area contributed by atoms with Crippen molar-refractivity contribution in [3.63, 3.8) is 0 Å². The Kier molecular flexibility index (Phi) is 4.09. The largest absolute Gasteiger partial charge is 0.478 e. The Morgan fingerprint density at radius 1 is 1.71 bits per heavy atom. The van der Waals surface area contributed by atoms with Crippen LogP contribution in [0.25, 0.3) is 0 Å². The van der Waals surface area contributed by atoms with Gasteiger partial charge in [-0.05, 0) is 11.5 Å². The molecule has 76 valence electrons. The zero-order chi connectivity index (χ0) is 10.6. The molecule has 0 atom stereocenters. The van der Waals surface area contributed by atoms with Gasteiger partial charge in [0.2, 0.25) is 0 Å². The molecule has 0 aliphatic heterocycles. The van der Waals surface area contributed by atoms with Gasteiger partial charge in [0.25, 0.3) is 0 Å². The molecule has 4 nitrogen and oxygen atoms in total. The maximum absolute atomic E-state index is 10.4. The summed E-state index contributed by atoms with van der Waals surface area (Å²) < 4.78 is 4.89. The lowest BCUT2D eigenvalue weighted by Gasteiger charge is -1.95. The molecular weight excluding hydrogens is 220 g/mol. The molecule has 0 saturated heterocycles. The molecule has 1 aromatic heterocycles. The predicted octanol–water partition coefficient (Wildman–Crippen LogP) is 1.83. The fraction of sp³-hybridized carbons (Fsp3) is 0.375. The van der Waals surface area contributed by atoms with Gasteiger partial charge in [0.1, 0.15) is 5.82 Å². The van der Waals surface area contributed by atoms with Gasteiger partial charge in [-0.1, -0.05) is 25.3 Å². The number of aryl methyl sites for hydroxylation is 1. The zero-order valence-corrected chi connectivity index (χ0v) is 9.32. The Bertz CT molecular complexity index is 349. The Balaban J connectivity index is 2.45. The van der Waals surface area contributed by atoms with E-state index in [1.165, 1.54) is 23.3 Å². The van der Waals surface area contributed by atoms with Gasteiger partial charge in [-0.3, -0.25) is 0 Å². The number of carboxylic acids is 1. The second-order valence-corrected chi connectivity index (χ2v) is 4.50. The van der Waals surface area contributed by atoms with Crippen LogP contribution in [-0.2, 0) is 11.2 Å². The van der Waals surface area contributed by atoms with Crippen molar-refractivity contribution in [2.45, 2.75) is 17.7 Å². The van der Waals surface area contributed by atoms with Crippen LogP contribution in [0.5, 0.6) is 0 Å². The molecule has 1 N–H and O–H groups in total. The van der Waals surface area contributed by atoms with E-state index in [2.05, 4.69) is 15.9 Å². The summed E-state index contributed by atoms with van der Waals surface area (Å²) in [7, 11) is 0. The van der Waals surface area contributed by atoms with E-state index in [0.29, 0.717) is 5.75 Å². The standard InChI is InChI=1S/C8H10N2O2S2/c1-3-6-9-8(14-10-6)13-4-5(2)7(11)12/h2-4H2,1H3,(H,11,12). The third-order valence-electron chi connectivity index (χ3n) is 1.44.